The molecule has 2 atom stereocenters. The van der Waals surface area contributed by atoms with Crippen LogP contribution in [0.3, 0.4) is 0 Å². The average Bonchev–Trinajstić information content (AvgIpc) is 3.19. The molecule has 2 aromatic carbocycles. The topological polar surface area (TPSA) is 51.2 Å². The molecule has 0 saturated carbocycles. The first-order valence-corrected chi connectivity index (χ1v) is 8.69. The molecule has 132 valence electrons. The number of anilines is 1. The van der Waals surface area contributed by atoms with E-state index in [1.807, 2.05) is 24.3 Å². The SMILES string of the molecule is C[C@H]1Cc2ccccc2N1C[C@H](O)COCc1ccc2c(c1)OCO2. The Morgan fingerprint density at radius 3 is 2.96 bits per heavy atom. The molecule has 4 rings (SSSR count). The fraction of sp³-hybridized carbons (Fsp3) is 0.400. The lowest BCUT2D eigenvalue weighted by molar-refractivity contribution is 0.0315. The van der Waals surface area contributed by atoms with Gasteiger partial charge in [0.2, 0.25) is 6.79 Å². The molecule has 0 unspecified atom stereocenters. The maximum atomic E-state index is 10.4. The number of fused-ring (bicyclic) bond motifs is 2. The lowest BCUT2D eigenvalue weighted by Crippen LogP contribution is -2.38. The van der Waals surface area contributed by atoms with Crippen LogP contribution < -0.4 is 14.4 Å². The standard InChI is InChI=1S/C20H23NO4/c1-14-8-16-4-2-3-5-18(16)21(14)10-17(22)12-23-11-15-6-7-19-20(9-15)25-13-24-19/h2-7,9,14,17,22H,8,10-13H2,1H3/t14-,17-/m0/s1. The molecule has 0 aliphatic carbocycles. The van der Waals surface area contributed by atoms with Gasteiger partial charge in [0, 0.05) is 18.3 Å². The van der Waals surface area contributed by atoms with Crippen molar-refractivity contribution in [2.75, 3.05) is 24.8 Å². The number of aliphatic hydroxyl groups excluding tert-OH is 1. The lowest BCUT2D eigenvalue weighted by atomic mass is 10.1. The van der Waals surface area contributed by atoms with Gasteiger partial charge < -0.3 is 24.2 Å². The predicted octanol–water partition coefficient (Wildman–Crippen LogP) is 2.74. The molecule has 0 bridgehead atoms. The Bertz CT molecular complexity index is 748. The quantitative estimate of drug-likeness (QED) is 0.876. The highest BCUT2D eigenvalue weighted by Crippen LogP contribution is 2.33. The van der Waals surface area contributed by atoms with Crippen LogP contribution in [0.5, 0.6) is 11.5 Å². The van der Waals surface area contributed by atoms with Gasteiger partial charge >= 0.3 is 0 Å². The second-order valence-corrected chi connectivity index (χ2v) is 6.69. The van der Waals surface area contributed by atoms with E-state index < -0.39 is 6.10 Å². The molecular formula is C20H23NO4. The lowest BCUT2D eigenvalue weighted by Gasteiger charge is -2.27. The van der Waals surface area contributed by atoms with E-state index in [2.05, 4.69) is 30.0 Å². The van der Waals surface area contributed by atoms with E-state index in [1.54, 1.807) is 0 Å². The van der Waals surface area contributed by atoms with Crippen LogP contribution in [-0.4, -0.2) is 37.2 Å². The number of β-amino-alcohol motifs (C(OH)–C–C–N with tert-alkyl or cyclic N) is 1. The first-order valence-electron chi connectivity index (χ1n) is 8.69. The summed E-state index contributed by atoms with van der Waals surface area (Å²) >= 11 is 0. The Morgan fingerprint density at radius 2 is 2.04 bits per heavy atom. The molecule has 1 N–H and O–H groups in total. The van der Waals surface area contributed by atoms with Crippen molar-refractivity contribution in [2.45, 2.75) is 32.1 Å². The van der Waals surface area contributed by atoms with Crippen molar-refractivity contribution in [3.8, 4) is 11.5 Å². The highest BCUT2D eigenvalue weighted by Gasteiger charge is 2.27. The summed E-state index contributed by atoms with van der Waals surface area (Å²) in [6, 6.07) is 14.6. The van der Waals surface area contributed by atoms with Gasteiger partial charge in [-0.05, 0) is 42.7 Å². The molecule has 2 aliphatic heterocycles. The highest BCUT2D eigenvalue weighted by atomic mass is 16.7. The van der Waals surface area contributed by atoms with Gasteiger partial charge in [-0.15, -0.1) is 0 Å². The molecule has 0 amide bonds. The maximum absolute atomic E-state index is 10.4. The fourth-order valence-electron chi connectivity index (χ4n) is 3.53. The molecule has 0 aromatic heterocycles. The summed E-state index contributed by atoms with van der Waals surface area (Å²) in [6.45, 7) is 3.80. The van der Waals surface area contributed by atoms with E-state index in [0.29, 0.717) is 25.8 Å². The van der Waals surface area contributed by atoms with Crippen molar-refractivity contribution in [1.82, 2.24) is 0 Å². The minimum atomic E-state index is -0.525. The van der Waals surface area contributed by atoms with Gasteiger partial charge in [0.05, 0.1) is 19.3 Å². The van der Waals surface area contributed by atoms with E-state index in [0.717, 1.165) is 23.5 Å². The Morgan fingerprint density at radius 1 is 1.20 bits per heavy atom. The van der Waals surface area contributed by atoms with Crippen molar-refractivity contribution < 1.29 is 19.3 Å². The minimum absolute atomic E-state index is 0.272. The summed E-state index contributed by atoms with van der Waals surface area (Å²) < 4.78 is 16.4. The van der Waals surface area contributed by atoms with Gasteiger partial charge in [-0.1, -0.05) is 24.3 Å². The maximum Gasteiger partial charge on any atom is 0.231 e. The highest BCUT2D eigenvalue weighted by molar-refractivity contribution is 5.59. The number of hydrogen-bond donors (Lipinski definition) is 1. The second kappa shape index (κ2) is 6.94. The van der Waals surface area contributed by atoms with Crippen molar-refractivity contribution >= 4 is 5.69 Å². The van der Waals surface area contributed by atoms with Crippen molar-refractivity contribution in [3.05, 3.63) is 53.6 Å². The predicted molar refractivity (Wildman–Crippen MR) is 95.2 cm³/mol. The fourth-order valence-corrected chi connectivity index (χ4v) is 3.53. The Labute approximate surface area is 147 Å². The number of nitrogens with zero attached hydrogens (tertiary/aromatic N) is 1. The van der Waals surface area contributed by atoms with E-state index >= 15 is 0 Å². The summed E-state index contributed by atoms with van der Waals surface area (Å²) in [5.41, 5.74) is 3.59. The normalized spacial score (nSPS) is 19.1. The van der Waals surface area contributed by atoms with Crippen LogP contribution in [0.4, 0.5) is 5.69 Å². The summed E-state index contributed by atoms with van der Waals surface area (Å²) in [7, 11) is 0. The largest absolute Gasteiger partial charge is 0.454 e. The van der Waals surface area contributed by atoms with E-state index in [4.69, 9.17) is 14.2 Å². The first kappa shape index (κ1) is 16.2. The molecule has 0 fully saturated rings. The van der Waals surface area contributed by atoms with Crippen LogP contribution in [-0.2, 0) is 17.8 Å². The third-order valence-corrected chi connectivity index (χ3v) is 4.77. The number of ether oxygens (including phenoxy) is 3. The molecule has 2 heterocycles. The molecule has 25 heavy (non-hydrogen) atoms. The zero-order valence-electron chi connectivity index (χ0n) is 14.4. The van der Waals surface area contributed by atoms with Gasteiger partial charge in [0.1, 0.15) is 0 Å². The number of rotatable bonds is 6. The molecule has 0 saturated heterocycles. The third-order valence-electron chi connectivity index (χ3n) is 4.77. The number of hydrogen-bond acceptors (Lipinski definition) is 5. The average molecular weight is 341 g/mol. The molecule has 0 radical (unpaired) electrons. The number of benzene rings is 2. The van der Waals surface area contributed by atoms with E-state index in [-0.39, 0.29) is 6.79 Å². The Balaban J connectivity index is 1.29. The summed E-state index contributed by atoms with van der Waals surface area (Å²) in [5.74, 6) is 1.52. The Hall–Kier alpha value is -2.24. The molecule has 2 aromatic rings. The molecule has 5 heteroatoms. The van der Waals surface area contributed by atoms with Crippen LogP contribution in [0.25, 0.3) is 0 Å². The number of para-hydroxylation sites is 1. The second-order valence-electron chi connectivity index (χ2n) is 6.69. The van der Waals surface area contributed by atoms with Gasteiger partial charge in [0.25, 0.3) is 0 Å². The first-order chi connectivity index (χ1) is 12.2. The van der Waals surface area contributed by atoms with Gasteiger partial charge in [0.15, 0.2) is 11.5 Å². The van der Waals surface area contributed by atoms with Crippen LogP contribution in [0, 0.1) is 0 Å². The minimum Gasteiger partial charge on any atom is -0.454 e. The van der Waals surface area contributed by atoms with Gasteiger partial charge in [-0.2, -0.15) is 0 Å². The molecule has 2 aliphatic rings. The van der Waals surface area contributed by atoms with Crippen LogP contribution in [0.15, 0.2) is 42.5 Å². The summed E-state index contributed by atoms with van der Waals surface area (Å²) in [5, 5.41) is 10.4. The Kier molecular flexibility index (Phi) is 4.51. The van der Waals surface area contributed by atoms with Crippen LogP contribution in [0.1, 0.15) is 18.1 Å². The van der Waals surface area contributed by atoms with Gasteiger partial charge in [-0.25, -0.2) is 0 Å². The zero-order valence-corrected chi connectivity index (χ0v) is 14.4. The number of aliphatic hydroxyl groups is 1. The molecular weight excluding hydrogens is 318 g/mol. The van der Waals surface area contributed by atoms with E-state index in [1.165, 1.54) is 11.3 Å². The van der Waals surface area contributed by atoms with Crippen molar-refractivity contribution in [3.63, 3.8) is 0 Å². The van der Waals surface area contributed by atoms with Crippen LogP contribution in [0.2, 0.25) is 0 Å². The van der Waals surface area contributed by atoms with Crippen molar-refractivity contribution in [2.24, 2.45) is 0 Å². The van der Waals surface area contributed by atoms with E-state index in [9.17, 15) is 5.11 Å². The summed E-state index contributed by atoms with van der Waals surface area (Å²) in [6.07, 6.45) is 0.503. The molecule has 0 spiro atoms. The van der Waals surface area contributed by atoms with Gasteiger partial charge in [-0.3, -0.25) is 0 Å². The molecule has 5 nitrogen and oxygen atoms in total. The smallest absolute Gasteiger partial charge is 0.231 e. The van der Waals surface area contributed by atoms with Crippen LogP contribution >= 0.6 is 0 Å². The van der Waals surface area contributed by atoms with Crippen molar-refractivity contribution in [1.29, 1.82) is 0 Å². The third kappa shape index (κ3) is 3.43. The monoisotopic (exact) mass is 341 g/mol. The summed E-state index contributed by atoms with van der Waals surface area (Å²) in [4.78, 5) is 2.27. The zero-order chi connectivity index (χ0) is 17.2.